The number of rotatable bonds is 10. The van der Waals surface area contributed by atoms with Gasteiger partial charge in [0.05, 0.1) is 36.7 Å². The predicted molar refractivity (Wildman–Crippen MR) is 156 cm³/mol. The Balaban J connectivity index is 1.53. The zero-order valence-corrected chi connectivity index (χ0v) is 24.5. The Morgan fingerprint density at radius 3 is 2.32 bits per heavy atom. The third-order valence-electron chi connectivity index (χ3n) is 9.39. The van der Waals surface area contributed by atoms with Crippen LogP contribution in [0.3, 0.4) is 0 Å². The van der Waals surface area contributed by atoms with E-state index in [1.54, 1.807) is 24.3 Å². The van der Waals surface area contributed by atoms with Crippen LogP contribution in [0.15, 0.2) is 42.5 Å². The molecule has 2 aromatic carbocycles. The maximum absolute atomic E-state index is 14.3. The van der Waals surface area contributed by atoms with Crippen molar-refractivity contribution in [3.05, 3.63) is 53.6 Å². The number of ether oxygens (including phenoxy) is 2. The summed E-state index contributed by atoms with van der Waals surface area (Å²) < 4.78 is 12.3. The fourth-order valence-corrected chi connectivity index (χ4v) is 7.39. The lowest BCUT2D eigenvalue weighted by Gasteiger charge is -2.37. The number of fused-ring (bicyclic) bond motifs is 1. The quantitative estimate of drug-likeness (QED) is 0.399. The topological polar surface area (TPSA) is 117 Å². The molecule has 3 amide bonds. The fourth-order valence-electron chi connectivity index (χ4n) is 7.39. The highest BCUT2D eigenvalue weighted by atomic mass is 16.5. The third-order valence-corrected chi connectivity index (χ3v) is 9.39. The van der Waals surface area contributed by atoms with Crippen molar-refractivity contribution in [3.63, 3.8) is 0 Å². The molecule has 0 aliphatic carbocycles. The summed E-state index contributed by atoms with van der Waals surface area (Å²) in [5, 5.41) is 16.4. The van der Waals surface area contributed by atoms with Crippen molar-refractivity contribution in [1.82, 2.24) is 4.90 Å². The molecule has 3 aliphatic heterocycles. The Morgan fingerprint density at radius 1 is 1.05 bits per heavy atom. The number of para-hydroxylation sites is 1. The van der Waals surface area contributed by atoms with Crippen molar-refractivity contribution in [2.75, 3.05) is 23.8 Å². The largest absolute Gasteiger partial charge is 0.494 e. The molecule has 9 heteroatoms. The van der Waals surface area contributed by atoms with E-state index in [4.69, 9.17) is 9.47 Å². The van der Waals surface area contributed by atoms with E-state index in [1.807, 2.05) is 52.8 Å². The smallest absolute Gasteiger partial charge is 0.250 e. The van der Waals surface area contributed by atoms with Crippen LogP contribution in [0.1, 0.15) is 57.6 Å². The van der Waals surface area contributed by atoms with Crippen molar-refractivity contribution >= 4 is 29.1 Å². The van der Waals surface area contributed by atoms with E-state index in [9.17, 15) is 19.5 Å². The highest BCUT2D eigenvalue weighted by molar-refractivity contribution is 6.05. The molecule has 0 radical (unpaired) electrons. The molecule has 3 heterocycles. The average molecular weight is 564 g/mol. The maximum atomic E-state index is 14.3. The summed E-state index contributed by atoms with van der Waals surface area (Å²) in [6, 6.07) is 11.3. The first-order valence-corrected chi connectivity index (χ1v) is 14.7. The van der Waals surface area contributed by atoms with E-state index < -0.39 is 35.1 Å². The number of nitrogens with one attached hydrogen (secondary N) is 2. The van der Waals surface area contributed by atoms with E-state index >= 15 is 0 Å². The number of carbonyl (C=O) groups excluding carboxylic acids is 3. The number of nitrogens with zero attached hydrogens (tertiary/aromatic N) is 1. The molecule has 2 unspecified atom stereocenters. The standard InChI is InChI=1S/C32H41N3O6/c1-6-22(18-36)35-27(29(38)34-26-19(4)10-9-11-20(26)5)32-17-16-31(7-2,41-32)24(25(32)30(35)39)28(37)33-21-12-14-23(15-13-21)40-8-3/h9-15,22,24-25,27,36H,6-8,16-18H2,1-5H3,(H,33,37)(H,34,38)/t22-,24+,25-,27?,31-,32?/m0/s1. The molecule has 2 bridgehead atoms. The lowest BCUT2D eigenvalue weighted by molar-refractivity contribution is -0.148. The van der Waals surface area contributed by atoms with Gasteiger partial charge in [0, 0.05) is 11.4 Å². The summed E-state index contributed by atoms with van der Waals surface area (Å²) >= 11 is 0. The first-order valence-electron chi connectivity index (χ1n) is 14.7. The average Bonchev–Trinajstić information content (AvgIpc) is 3.56. The van der Waals surface area contributed by atoms with Gasteiger partial charge in [-0.1, -0.05) is 32.0 Å². The highest BCUT2D eigenvalue weighted by Crippen LogP contribution is 2.64. The molecule has 3 N–H and O–H groups in total. The van der Waals surface area contributed by atoms with E-state index in [-0.39, 0.29) is 24.3 Å². The number of hydrogen-bond donors (Lipinski definition) is 3. The minimum Gasteiger partial charge on any atom is -0.494 e. The zero-order chi connectivity index (χ0) is 29.5. The molecule has 0 saturated carbocycles. The second-order valence-electron chi connectivity index (χ2n) is 11.5. The molecule has 3 saturated heterocycles. The van der Waals surface area contributed by atoms with Crippen molar-refractivity contribution in [2.24, 2.45) is 11.8 Å². The minimum absolute atomic E-state index is 0.291. The maximum Gasteiger partial charge on any atom is 0.250 e. The number of aliphatic hydroxyl groups is 1. The first kappa shape index (κ1) is 29.1. The van der Waals surface area contributed by atoms with Crippen molar-refractivity contribution in [2.45, 2.75) is 83.6 Å². The van der Waals surface area contributed by atoms with E-state index in [1.165, 1.54) is 4.90 Å². The Labute approximate surface area is 241 Å². The number of hydrogen-bond acceptors (Lipinski definition) is 6. The number of likely N-dealkylation sites (tertiary alicyclic amines) is 1. The van der Waals surface area contributed by atoms with Gasteiger partial charge in [0.15, 0.2) is 0 Å². The molecule has 3 aliphatic rings. The summed E-state index contributed by atoms with van der Waals surface area (Å²) in [5.74, 6) is -1.89. The van der Waals surface area contributed by atoms with Gasteiger partial charge in [-0.3, -0.25) is 14.4 Å². The molecule has 1 spiro atoms. The zero-order valence-electron chi connectivity index (χ0n) is 24.5. The van der Waals surface area contributed by atoms with Gasteiger partial charge in [0.2, 0.25) is 17.7 Å². The third kappa shape index (κ3) is 4.59. The van der Waals surface area contributed by atoms with Gasteiger partial charge >= 0.3 is 0 Å². The summed E-state index contributed by atoms with van der Waals surface area (Å²) in [6.07, 6.45) is 2.03. The van der Waals surface area contributed by atoms with Crippen LogP contribution >= 0.6 is 0 Å². The Bertz CT molecular complexity index is 1300. The number of benzene rings is 2. The van der Waals surface area contributed by atoms with Gasteiger partial charge in [-0.2, -0.15) is 0 Å². The van der Waals surface area contributed by atoms with Crippen LogP contribution in [0.25, 0.3) is 0 Å². The van der Waals surface area contributed by atoms with Crippen LogP contribution in [0.5, 0.6) is 5.75 Å². The van der Waals surface area contributed by atoms with Crippen molar-refractivity contribution in [3.8, 4) is 5.75 Å². The normalized spacial score (nSPS) is 28.9. The molecule has 3 fully saturated rings. The van der Waals surface area contributed by atoms with Gasteiger partial charge in [0.25, 0.3) is 0 Å². The van der Waals surface area contributed by atoms with Gasteiger partial charge in [-0.25, -0.2) is 0 Å². The number of aliphatic hydroxyl groups excluding tert-OH is 1. The van der Waals surface area contributed by atoms with Crippen LogP contribution in [0, 0.1) is 25.7 Å². The summed E-state index contributed by atoms with van der Waals surface area (Å²) in [5.41, 5.74) is 1.08. The van der Waals surface area contributed by atoms with Crippen molar-refractivity contribution in [1.29, 1.82) is 0 Å². The monoisotopic (exact) mass is 563 g/mol. The van der Waals surface area contributed by atoms with Gasteiger partial charge in [0.1, 0.15) is 17.4 Å². The molecule has 41 heavy (non-hydrogen) atoms. The number of amides is 3. The molecular weight excluding hydrogens is 522 g/mol. The summed E-state index contributed by atoms with van der Waals surface area (Å²) in [6.45, 7) is 9.85. The number of aryl methyl sites for hydroxylation is 2. The lowest BCUT2D eigenvalue weighted by atomic mass is 9.65. The van der Waals surface area contributed by atoms with Gasteiger partial charge in [-0.05, 0) is 81.8 Å². The Hall–Kier alpha value is -3.43. The predicted octanol–water partition coefficient (Wildman–Crippen LogP) is 4.21. The second kappa shape index (κ2) is 11.1. The van der Waals surface area contributed by atoms with Crippen LogP contribution in [0.4, 0.5) is 11.4 Å². The lowest BCUT2D eigenvalue weighted by Crippen LogP contribution is -2.56. The molecule has 0 aromatic heterocycles. The van der Waals surface area contributed by atoms with Gasteiger partial charge < -0.3 is 30.1 Å². The van der Waals surface area contributed by atoms with Crippen LogP contribution in [-0.4, -0.2) is 64.2 Å². The highest BCUT2D eigenvalue weighted by Gasteiger charge is 2.79. The second-order valence-corrected chi connectivity index (χ2v) is 11.5. The molecule has 6 atom stereocenters. The molecular formula is C32H41N3O6. The van der Waals surface area contributed by atoms with E-state index in [2.05, 4.69) is 10.6 Å². The minimum atomic E-state index is -1.17. The fraction of sp³-hybridized carbons (Fsp3) is 0.531. The molecule has 9 nitrogen and oxygen atoms in total. The van der Waals surface area contributed by atoms with Crippen LogP contribution in [-0.2, 0) is 19.1 Å². The number of carbonyl (C=O) groups is 3. The Morgan fingerprint density at radius 2 is 1.73 bits per heavy atom. The van der Waals surface area contributed by atoms with E-state index in [0.29, 0.717) is 49.4 Å². The first-order chi connectivity index (χ1) is 19.7. The van der Waals surface area contributed by atoms with E-state index in [0.717, 1.165) is 11.1 Å². The van der Waals surface area contributed by atoms with Gasteiger partial charge in [-0.15, -0.1) is 0 Å². The molecule has 2 aromatic rings. The van der Waals surface area contributed by atoms with Crippen LogP contribution < -0.4 is 15.4 Å². The SMILES string of the molecule is CCOc1ccc(NC(=O)[C@H]2[C@H]3C(=O)N([C@@H](CC)CO)C(C(=O)Nc4c(C)cccc4C)C34CC[C@]2(CC)O4)cc1. The summed E-state index contributed by atoms with van der Waals surface area (Å²) in [4.78, 5) is 44.0. The molecule has 5 rings (SSSR count). The number of anilines is 2. The van der Waals surface area contributed by atoms with Crippen LogP contribution in [0.2, 0.25) is 0 Å². The Kier molecular flexibility index (Phi) is 7.87. The molecule has 220 valence electrons. The van der Waals surface area contributed by atoms with Crippen molar-refractivity contribution < 1.29 is 29.0 Å². The summed E-state index contributed by atoms with van der Waals surface area (Å²) in [7, 11) is 0.